The van der Waals surface area contributed by atoms with E-state index in [9.17, 15) is 4.79 Å². The highest BCUT2D eigenvalue weighted by molar-refractivity contribution is 9.10. The van der Waals surface area contributed by atoms with E-state index in [4.69, 9.17) is 11.6 Å². The normalized spacial score (nSPS) is 15.3. The predicted molar refractivity (Wildman–Crippen MR) is 107 cm³/mol. The number of piperidine rings is 1. The molecule has 1 N–H and O–H groups in total. The lowest BCUT2D eigenvalue weighted by Gasteiger charge is -2.33. The SMILES string of the molecule is Cc1nnc2c(N3CCC(NC(=O)c4cc(Br)ccc4Cl)CC3)nccn12. The number of anilines is 1. The van der Waals surface area contributed by atoms with Crippen LogP contribution in [0.1, 0.15) is 29.0 Å². The molecule has 1 aromatic carbocycles. The van der Waals surface area contributed by atoms with Crippen LogP contribution >= 0.6 is 27.5 Å². The van der Waals surface area contributed by atoms with Gasteiger partial charge in [0.05, 0.1) is 10.6 Å². The van der Waals surface area contributed by atoms with E-state index in [0.29, 0.717) is 10.6 Å². The van der Waals surface area contributed by atoms with Gasteiger partial charge < -0.3 is 10.2 Å². The number of halogens is 2. The summed E-state index contributed by atoms with van der Waals surface area (Å²) in [5.74, 6) is 1.52. The molecule has 1 aliphatic rings. The molecule has 0 spiro atoms. The minimum Gasteiger partial charge on any atom is -0.353 e. The summed E-state index contributed by atoms with van der Waals surface area (Å²) in [6.45, 7) is 3.49. The molecule has 27 heavy (non-hydrogen) atoms. The summed E-state index contributed by atoms with van der Waals surface area (Å²) in [6, 6.07) is 5.38. The van der Waals surface area contributed by atoms with E-state index < -0.39 is 0 Å². The number of fused-ring (bicyclic) bond motifs is 1. The number of nitrogens with one attached hydrogen (secondary N) is 1. The lowest BCUT2D eigenvalue weighted by atomic mass is 10.0. The van der Waals surface area contributed by atoms with Gasteiger partial charge in [-0.1, -0.05) is 27.5 Å². The fourth-order valence-corrected chi connectivity index (χ4v) is 3.89. The van der Waals surface area contributed by atoms with Crippen LogP contribution < -0.4 is 10.2 Å². The summed E-state index contributed by atoms with van der Waals surface area (Å²) in [5, 5.41) is 11.9. The Hall–Kier alpha value is -2.19. The second kappa shape index (κ2) is 7.44. The smallest absolute Gasteiger partial charge is 0.253 e. The molecule has 1 fully saturated rings. The molecule has 0 saturated carbocycles. The minimum absolute atomic E-state index is 0.100. The average Bonchev–Trinajstić information content (AvgIpc) is 3.05. The summed E-state index contributed by atoms with van der Waals surface area (Å²) < 4.78 is 2.76. The zero-order valence-corrected chi connectivity index (χ0v) is 17.0. The highest BCUT2D eigenvalue weighted by atomic mass is 79.9. The molecule has 1 saturated heterocycles. The molecule has 0 unspecified atom stereocenters. The first kappa shape index (κ1) is 18.2. The van der Waals surface area contributed by atoms with Crippen molar-refractivity contribution in [2.75, 3.05) is 18.0 Å². The zero-order valence-electron chi connectivity index (χ0n) is 14.7. The van der Waals surface area contributed by atoms with Crippen LogP contribution in [0.5, 0.6) is 0 Å². The van der Waals surface area contributed by atoms with Gasteiger partial charge in [-0.25, -0.2) is 4.98 Å². The highest BCUT2D eigenvalue weighted by Gasteiger charge is 2.24. The number of hydrogen-bond donors (Lipinski definition) is 1. The van der Waals surface area contributed by atoms with Gasteiger partial charge in [0, 0.05) is 36.0 Å². The average molecular weight is 450 g/mol. The number of amides is 1. The van der Waals surface area contributed by atoms with Gasteiger partial charge >= 0.3 is 0 Å². The van der Waals surface area contributed by atoms with Crippen molar-refractivity contribution < 1.29 is 4.79 Å². The summed E-state index contributed by atoms with van der Waals surface area (Å²) in [6.07, 6.45) is 5.28. The fourth-order valence-electron chi connectivity index (χ4n) is 3.32. The maximum absolute atomic E-state index is 12.6. The predicted octanol–water partition coefficient (Wildman–Crippen LogP) is 3.25. The number of nitrogens with zero attached hydrogens (tertiary/aromatic N) is 5. The van der Waals surface area contributed by atoms with Crippen LogP contribution in [0.2, 0.25) is 5.02 Å². The first-order valence-electron chi connectivity index (χ1n) is 8.70. The Kier molecular flexibility index (Phi) is 5.01. The quantitative estimate of drug-likeness (QED) is 0.664. The minimum atomic E-state index is -0.145. The number of rotatable bonds is 3. The molecule has 0 bridgehead atoms. The van der Waals surface area contributed by atoms with Gasteiger partial charge in [0.15, 0.2) is 5.82 Å². The number of benzene rings is 1. The van der Waals surface area contributed by atoms with E-state index >= 15 is 0 Å². The Morgan fingerprint density at radius 1 is 1.30 bits per heavy atom. The molecule has 0 atom stereocenters. The van der Waals surface area contributed by atoms with Crippen LogP contribution in [0.3, 0.4) is 0 Å². The molecule has 1 amide bonds. The van der Waals surface area contributed by atoms with Crippen LogP contribution in [-0.4, -0.2) is 44.6 Å². The summed E-state index contributed by atoms with van der Waals surface area (Å²) in [4.78, 5) is 19.2. The van der Waals surface area contributed by atoms with Crippen molar-refractivity contribution in [1.82, 2.24) is 24.9 Å². The number of aromatic nitrogens is 4. The van der Waals surface area contributed by atoms with Gasteiger partial charge in [-0.3, -0.25) is 9.20 Å². The van der Waals surface area contributed by atoms with E-state index in [2.05, 4.69) is 41.3 Å². The maximum Gasteiger partial charge on any atom is 0.253 e. The van der Waals surface area contributed by atoms with Gasteiger partial charge in [-0.2, -0.15) is 0 Å². The van der Waals surface area contributed by atoms with Gasteiger partial charge in [0.1, 0.15) is 5.82 Å². The third kappa shape index (κ3) is 3.64. The molecule has 2 aromatic heterocycles. The number of carbonyl (C=O) groups excluding carboxylic acids is 1. The van der Waals surface area contributed by atoms with Crippen molar-refractivity contribution in [2.45, 2.75) is 25.8 Å². The third-order valence-electron chi connectivity index (χ3n) is 4.78. The lowest BCUT2D eigenvalue weighted by molar-refractivity contribution is 0.0931. The van der Waals surface area contributed by atoms with E-state index in [1.54, 1.807) is 18.3 Å². The molecule has 3 heterocycles. The van der Waals surface area contributed by atoms with Crippen LogP contribution in [0, 0.1) is 6.92 Å². The number of aryl methyl sites for hydroxylation is 1. The topological polar surface area (TPSA) is 75.4 Å². The zero-order chi connectivity index (χ0) is 19.0. The lowest BCUT2D eigenvalue weighted by Crippen LogP contribution is -2.45. The van der Waals surface area contributed by atoms with Gasteiger partial charge in [0.2, 0.25) is 5.65 Å². The Morgan fingerprint density at radius 2 is 2.07 bits per heavy atom. The van der Waals surface area contributed by atoms with Crippen LogP contribution in [0.15, 0.2) is 35.1 Å². The van der Waals surface area contributed by atoms with Gasteiger partial charge in [-0.15, -0.1) is 10.2 Å². The number of carbonyl (C=O) groups is 1. The third-order valence-corrected chi connectivity index (χ3v) is 5.60. The molecule has 0 radical (unpaired) electrons. The van der Waals surface area contributed by atoms with E-state index in [1.165, 1.54) is 0 Å². The van der Waals surface area contributed by atoms with E-state index in [0.717, 1.165) is 47.7 Å². The van der Waals surface area contributed by atoms with Crippen molar-refractivity contribution >= 4 is 44.9 Å². The standard InChI is InChI=1S/C18H18BrClN6O/c1-11-23-24-17-16(21-6-9-26(11)17)25-7-4-13(5-8-25)22-18(27)14-10-12(19)2-3-15(14)20/h2-3,6,9-10,13H,4-5,7-8H2,1H3,(H,22,27). The molecule has 1 aliphatic heterocycles. The molecular formula is C18H18BrClN6O. The summed E-state index contributed by atoms with van der Waals surface area (Å²) in [7, 11) is 0. The second-order valence-electron chi connectivity index (χ2n) is 6.55. The monoisotopic (exact) mass is 448 g/mol. The molecular weight excluding hydrogens is 432 g/mol. The molecule has 0 aliphatic carbocycles. The maximum atomic E-state index is 12.6. The first-order valence-corrected chi connectivity index (χ1v) is 9.87. The molecule has 7 nitrogen and oxygen atoms in total. The highest BCUT2D eigenvalue weighted by Crippen LogP contribution is 2.24. The van der Waals surface area contributed by atoms with Crippen LogP contribution in [0.4, 0.5) is 5.82 Å². The summed E-state index contributed by atoms with van der Waals surface area (Å²) >= 11 is 9.54. The fraction of sp³-hybridized carbons (Fsp3) is 0.333. The molecule has 140 valence electrons. The Labute approximate surface area is 169 Å². The molecule has 4 rings (SSSR count). The van der Waals surface area contributed by atoms with Crippen molar-refractivity contribution in [3.8, 4) is 0 Å². The van der Waals surface area contributed by atoms with Crippen molar-refractivity contribution in [1.29, 1.82) is 0 Å². The van der Waals surface area contributed by atoms with E-state index in [-0.39, 0.29) is 11.9 Å². The Balaban J connectivity index is 1.43. The largest absolute Gasteiger partial charge is 0.353 e. The van der Waals surface area contributed by atoms with E-state index in [1.807, 2.05) is 23.6 Å². The number of hydrogen-bond acceptors (Lipinski definition) is 5. The second-order valence-corrected chi connectivity index (χ2v) is 7.87. The summed E-state index contributed by atoms with van der Waals surface area (Å²) in [5.41, 5.74) is 1.25. The molecule has 9 heteroatoms. The van der Waals surface area contributed by atoms with Crippen LogP contribution in [0.25, 0.3) is 5.65 Å². The van der Waals surface area contributed by atoms with Gasteiger partial charge in [-0.05, 0) is 38.0 Å². The Bertz CT molecular complexity index is 999. The van der Waals surface area contributed by atoms with Crippen LogP contribution in [-0.2, 0) is 0 Å². The van der Waals surface area contributed by atoms with Gasteiger partial charge in [0.25, 0.3) is 5.91 Å². The van der Waals surface area contributed by atoms with Crippen molar-refractivity contribution in [3.63, 3.8) is 0 Å². The van der Waals surface area contributed by atoms with Crippen molar-refractivity contribution in [3.05, 3.63) is 51.5 Å². The first-order chi connectivity index (χ1) is 13.0. The molecule has 3 aromatic rings. The Morgan fingerprint density at radius 3 is 2.85 bits per heavy atom. The van der Waals surface area contributed by atoms with Crippen molar-refractivity contribution in [2.24, 2.45) is 0 Å².